The van der Waals surface area contributed by atoms with Crippen LogP contribution in [0.4, 0.5) is 5.69 Å². The topological polar surface area (TPSA) is 84.5 Å². The van der Waals surface area contributed by atoms with Crippen LogP contribution in [0.15, 0.2) is 45.8 Å². The number of carbonyl (C=O) groups is 1. The van der Waals surface area contributed by atoms with Crippen LogP contribution in [-0.2, 0) is 14.8 Å². The second-order valence-electron chi connectivity index (χ2n) is 5.86. The molecule has 2 aromatic rings. The molecule has 0 fully saturated rings. The predicted molar refractivity (Wildman–Crippen MR) is 105 cm³/mol. The first-order valence-corrected chi connectivity index (χ1v) is 10.2. The Kier molecular flexibility index (Phi) is 6.94. The second kappa shape index (κ2) is 8.77. The zero-order chi connectivity index (χ0) is 19.3. The Balaban J connectivity index is 2.27. The van der Waals surface area contributed by atoms with E-state index < -0.39 is 15.9 Å². The van der Waals surface area contributed by atoms with Gasteiger partial charge in [0.25, 0.3) is 5.91 Å². The molecule has 0 radical (unpaired) electrons. The molecule has 2 aromatic carbocycles. The largest absolute Gasteiger partial charge is 0.383 e. The molecule has 2 N–H and O–H groups in total. The summed E-state index contributed by atoms with van der Waals surface area (Å²) in [5.41, 5.74) is 2.95. The van der Waals surface area contributed by atoms with Crippen molar-refractivity contribution in [2.75, 3.05) is 25.6 Å². The number of hydrogen-bond donors (Lipinski definition) is 2. The molecule has 0 aliphatic carbocycles. The quantitative estimate of drug-likeness (QED) is 0.647. The van der Waals surface area contributed by atoms with Crippen molar-refractivity contribution in [2.24, 2.45) is 0 Å². The Morgan fingerprint density at radius 2 is 1.77 bits per heavy atom. The van der Waals surface area contributed by atoms with Crippen LogP contribution in [0.2, 0.25) is 0 Å². The highest BCUT2D eigenvalue weighted by atomic mass is 79.9. The fourth-order valence-corrected chi connectivity index (χ4v) is 3.92. The Morgan fingerprint density at radius 1 is 1.12 bits per heavy atom. The first-order chi connectivity index (χ1) is 12.2. The number of carbonyl (C=O) groups excluding carboxylic acids is 1. The summed E-state index contributed by atoms with van der Waals surface area (Å²) in [6.07, 6.45) is 0. The Morgan fingerprint density at radius 3 is 2.38 bits per heavy atom. The molecule has 0 aliphatic heterocycles. The zero-order valence-corrected chi connectivity index (χ0v) is 17.2. The molecule has 0 aliphatic rings. The SMILES string of the molecule is COCCNS(=O)(=O)c1ccc(Br)c(C(=O)Nc2cc(C)cc(C)c2)c1. The van der Waals surface area contributed by atoms with Gasteiger partial charge in [-0.05, 0) is 71.2 Å². The highest BCUT2D eigenvalue weighted by molar-refractivity contribution is 9.10. The van der Waals surface area contributed by atoms with E-state index >= 15 is 0 Å². The number of aryl methyl sites for hydroxylation is 2. The van der Waals surface area contributed by atoms with Crippen LogP contribution >= 0.6 is 15.9 Å². The Labute approximate surface area is 162 Å². The van der Waals surface area contributed by atoms with E-state index in [1.165, 1.54) is 19.2 Å². The van der Waals surface area contributed by atoms with Crippen LogP contribution in [0.5, 0.6) is 0 Å². The summed E-state index contributed by atoms with van der Waals surface area (Å²) in [7, 11) is -2.23. The highest BCUT2D eigenvalue weighted by Gasteiger charge is 2.18. The van der Waals surface area contributed by atoms with Gasteiger partial charge in [0, 0.05) is 23.8 Å². The van der Waals surface area contributed by atoms with E-state index in [4.69, 9.17) is 4.74 Å². The minimum Gasteiger partial charge on any atom is -0.383 e. The number of ether oxygens (including phenoxy) is 1. The zero-order valence-electron chi connectivity index (χ0n) is 14.8. The maximum Gasteiger partial charge on any atom is 0.256 e. The molecule has 1 amide bonds. The minimum absolute atomic E-state index is 0.0161. The lowest BCUT2D eigenvalue weighted by atomic mass is 10.1. The fourth-order valence-electron chi connectivity index (χ4n) is 2.45. The lowest BCUT2D eigenvalue weighted by Crippen LogP contribution is -2.27. The fraction of sp³-hybridized carbons (Fsp3) is 0.278. The second-order valence-corrected chi connectivity index (χ2v) is 8.48. The molecule has 0 heterocycles. The molecular weight excluding hydrogens is 420 g/mol. The summed E-state index contributed by atoms with van der Waals surface area (Å²) in [5, 5.41) is 2.81. The molecule has 0 unspecified atom stereocenters. The van der Waals surface area contributed by atoms with Crippen molar-refractivity contribution in [3.05, 3.63) is 57.6 Å². The first kappa shape index (κ1) is 20.6. The maximum atomic E-state index is 12.6. The van der Waals surface area contributed by atoms with Gasteiger partial charge in [0.1, 0.15) is 0 Å². The van der Waals surface area contributed by atoms with Crippen molar-refractivity contribution >= 4 is 37.5 Å². The third-order valence-corrected chi connectivity index (χ3v) is 5.72. The smallest absolute Gasteiger partial charge is 0.256 e. The number of hydrogen-bond acceptors (Lipinski definition) is 4. The van der Waals surface area contributed by atoms with Gasteiger partial charge in [0.05, 0.1) is 17.1 Å². The molecule has 0 bridgehead atoms. The summed E-state index contributed by atoms with van der Waals surface area (Å²) in [6.45, 7) is 4.30. The van der Waals surface area contributed by atoms with Gasteiger partial charge < -0.3 is 10.1 Å². The lowest BCUT2D eigenvalue weighted by molar-refractivity contribution is 0.102. The van der Waals surface area contributed by atoms with Gasteiger partial charge in [-0.1, -0.05) is 6.07 Å². The monoisotopic (exact) mass is 440 g/mol. The van der Waals surface area contributed by atoms with Crippen molar-refractivity contribution in [3.63, 3.8) is 0 Å². The first-order valence-electron chi connectivity index (χ1n) is 7.91. The van der Waals surface area contributed by atoms with Crippen molar-refractivity contribution in [1.29, 1.82) is 0 Å². The number of anilines is 1. The van der Waals surface area contributed by atoms with E-state index in [2.05, 4.69) is 26.0 Å². The van der Waals surface area contributed by atoms with Crippen molar-refractivity contribution in [3.8, 4) is 0 Å². The van der Waals surface area contributed by atoms with Crippen LogP contribution in [0.25, 0.3) is 0 Å². The molecule has 0 atom stereocenters. The van der Waals surface area contributed by atoms with E-state index in [-0.39, 0.29) is 23.6 Å². The van der Waals surface area contributed by atoms with Gasteiger partial charge in [0.15, 0.2) is 0 Å². The highest BCUT2D eigenvalue weighted by Crippen LogP contribution is 2.23. The van der Waals surface area contributed by atoms with E-state index in [0.29, 0.717) is 10.2 Å². The standard InChI is InChI=1S/C18H21BrN2O4S/c1-12-8-13(2)10-14(9-12)21-18(22)16-11-15(4-5-17(16)19)26(23,24)20-6-7-25-3/h4-5,8-11,20H,6-7H2,1-3H3,(H,21,22). The van der Waals surface area contributed by atoms with Gasteiger partial charge in [0.2, 0.25) is 10.0 Å². The van der Waals surface area contributed by atoms with Gasteiger partial charge in [-0.15, -0.1) is 0 Å². The molecular formula is C18H21BrN2O4S. The van der Waals surface area contributed by atoms with Crippen LogP contribution < -0.4 is 10.0 Å². The molecule has 0 saturated heterocycles. The molecule has 0 spiro atoms. The van der Waals surface area contributed by atoms with Crippen LogP contribution in [0.3, 0.4) is 0 Å². The molecule has 2 rings (SSSR count). The van der Waals surface area contributed by atoms with Crippen molar-refractivity contribution in [2.45, 2.75) is 18.7 Å². The van der Waals surface area contributed by atoms with Crippen molar-refractivity contribution in [1.82, 2.24) is 4.72 Å². The average Bonchev–Trinajstić information content (AvgIpc) is 2.54. The Bertz CT molecular complexity index is 893. The average molecular weight is 441 g/mol. The normalized spacial score (nSPS) is 11.4. The molecule has 26 heavy (non-hydrogen) atoms. The van der Waals surface area contributed by atoms with Gasteiger partial charge in [-0.3, -0.25) is 4.79 Å². The third kappa shape index (κ3) is 5.38. The van der Waals surface area contributed by atoms with Gasteiger partial charge in [-0.2, -0.15) is 0 Å². The van der Waals surface area contributed by atoms with E-state index in [0.717, 1.165) is 11.1 Å². The summed E-state index contributed by atoms with van der Waals surface area (Å²) in [6, 6.07) is 10.0. The van der Waals surface area contributed by atoms with E-state index in [1.54, 1.807) is 6.07 Å². The molecule has 8 heteroatoms. The molecule has 6 nitrogen and oxygen atoms in total. The van der Waals surface area contributed by atoms with E-state index in [1.807, 2.05) is 32.0 Å². The number of rotatable bonds is 7. The van der Waals surface area contributed by atoms with E-state index in [9.17, 15) is 13.2 Å². The molecule has 0 saturated carbocycles. The van der Waals surface area contributed by atoms with Gasteiger partial charge >= 0.3 is 0 Å². The van der Waals surface area contributed by atoms with Crippen LogP contribution in [-0.4, -0.2) is 34.6 Å². The third-order valence-electron chi connectivity index (χ3n) is 3.57. The van der Waals surface area contributed by atoms with Crippen LogP contribution in [0, 0.1) is 13.8 Å². The predicted octanol–water partition coefficient (Wildman–Crippen LogP) is 3.24. The summed E-state index contributed by atoms with van der Waals surface area (Å²) in [4.78, 5) is 12.6. The van der Waals surface area contributed by atoms with Gasteiger partial charge in [-0.25, -0.2) is 13.1 Å². The minimum atomic E-state index is -3.72. The molecule has 0 aromatic heterocycles. The van der Waals surface area contributed by atoms with Crippen LogP contribution in [0.1, 0.15) is 21.5 Å². The summed E-state index contributed by atoms with van der Waals surface area (Å²) >= 11 is 3.31. The van der Waals surface area contributed by atoms with Crippen molar-refractivity contribution < 1.29 is 17.9 Å². The Hall–Kier alpha value is -1.74. The maximum absolute atomic E-state index is 12.6. The number of methoxy groups -OCH3 is 1. The number of halogens is 1. The number of amides is 1. The lowest BCUT2D eigenvalue weighted by Gasteiger charge is -2.11. The summed E-state index contributed by atoms with van der Waals surface area (Å²) in [5.74, 6) is -0.393. The molecule has 140 valence electrons. The number of nitrogens with one attached hydrogen (secondary N) is 2. The summed E-state index contributed by atoms with van der Waals surface area (Å²) < 4.78 is 32.4. The number of benzene rings is 2. The number of sulfonamides is 1.